The van der Waals surface area contributed by atoms with Gasteiger partial charge < -0.3 is 4.74 Å². The van der Waals surface area contributed by atoms with Gasteiger partial charge >= 0.3 is 0 Å². The Kier molecular flexibility index (Phi) is 5.78. The van der Waals surface area contributed by atoms with Crippen LogP contribution in [0.1, 0.15) is 29.6 Å². The number of halogens is 1. The molecule has 4 aromatic rings. The van der Waals surface area contributed by atoms with E-state index in [1.165, 1.54) is 12.1 Å². The number of hydrogen-bond donors (Lipinski definition) is 0. The summed E-state index contributed by atoms with van der Waals surface area (Å²) in [6.45, 7) is 1.46. The summed E-state index contributed by atoms with van der Waals surface area (Å²) in [5, 5.41) is 8.35. The van der Waals surface area contributed by atoms with E-state index >= 15 is 0 Å². The van der Waals surface area contributed by atoms with Crippen molar-refractivity contribution >= 4 is 5.78 Å². The fourth-order valence-corrected chi connectivity index (χ4v) is 4.05. The number of benzene rings is 1. The molecule has 5 rings (SSSR count). The molecule has 33 heavy (non-hydrogen) atoms. The summed E-state index contributed by atoms with van der Waals surface area (Å²) >= 11 is 0. The van der Waals surface area contributed by atoms with Crippen molar-refractivity contribution in [3.8, 4) is 28.5 Å². The number of ether oxygens (including phenoxy) is 1. The third-order valence-corrected chi connectivity index (χ3v) is 5.92. The van der Waals surface area contributed by atoms with Crippen molar-refractivity contribution in [2.24, 2.45) is 13.0 Å². The lowest BCUT2D eigenvalue weighted by Gasteiger charge is -2.21. The highest BCUT2D eigenvalue weighted by atomic mass is 19.1. The molecule has 0 spiro atoms. The quantitative estimate of drug-likeness (QED) is 0.418. The van der Waals surface area contributed by atoms with E-state index in [0.717, 1.165) is 31.6 Å². The highest BCUT2D eigenvalue weighted by Crippen LogP contribution is 2.29. The Morgan fingerprint density at radius 3 is 2.64 bits per heavy atom. The summed E-state index contributed by atoms with van der Waals surface area (Å²) in [5.41, 5.74) is 3.34. The topological polar surface area (TPSA) is 87.7 Å². The Morgan fingerprint density at radius 1 is 1.12 bits per heavy atom. The van der Waals surface area contributed by atoms with Gasteiger partial charge in [0.15, 0.2) is 5.78 Å². The van der Waals surface area contributed by atoms with Crippen LogP contribution >= 0.6 is 0 Å². The molecule has 0 atom stereocenters. The number of Topliss-reactive ketones (excluding diaryl/α,β-unsaturated/α-hetero) is 1. The number of aryl methyl sites for hydroxylation is 1. The Balaban J connectivity index is 1.36. The standard InChI is InChI=1S/C24H23FN6O2/c1-30-24(23(28-29-30)17-2-5-19(25)6-3-17)20-14-31(15-27-20)22-7-4-18(13-26-22)21(32)12-16-8-10-33-11-9-16/h2-7,13-16H,8-12H2,1H3. The number of nitrogens with zero attached hydrogens (tertiary/aromatic N) is 6. The molecule has 3 aromatic heterocycles. The number of aromatic nitrogens is 6. The SMILES string of the molecule is Cn1nnc(-c2ccc(F)cc2)c1-c1cn(-c2ccc(C(=O)CC3CCOCC3)cn2)cn1. The molecule has 1 aromatic carbocycles. The maximum Gasteiger partial charge on any atom is 0.164 e. The number of pyridine rings is 1. The highest BCUT2D eigenvalue weighted by Gasteiger charge is 2.20. The van der Waals surface area contributed by atoms with Crippen molar-refractivity contribution in [2.75, 3.05) is 13.2 Å². The van der Waals surface area contributed by atoms with Crippen LogP contribution in [0.5, 0.6) is 0 Å². The Bertz CT molecular complexity index is 1260. The van der Waals surface area contributed by atoms with Gasteiger partial charge in [0.05, 0.1) is 0 Å². The van der Waals surface area contributed by atoms with Crippen LogP contribution in [0.4, 0.5) is 4.39 Å². The molecule has 0 saturated carbocycles. The van der Waals surface area contributed by atoms with E-state index in [2.05, 4.69) is 20.3 Å². The Morgan fingerprint density at radius 2 is 1.91 bits per heavy atom. The van der Waals surface area contributed by atoms with Crippen LogP contribution in [0.25, 0.3) is 28.5 Å². The van der Waals surface area contributed by atoms with E-state index in [-0.39, 0.29) is 11.6 Å². The highest BCUT2D eigenvalue weighted by molar-refractivity contribution is 5.96. The average molecular weight is 446 g/mol. The first-order chi connectivity index (χ1) is 16.1. The van der Waals surface area contributed by atoms with E-state index in [9.17, 15) is 9.18 Å². The smallest absolute Gasteiger partial charge is 0.164 e. The molecule has 8 nitrogen and oxygen atoms in total. The van der Waals surface area contributed by atoms with Crippen molar-refractivity contribution in [3.05, 3.63) is 66.5 Å². The first-order valence-corrected chi connectivity index (χ1v) is 10.9. The Hall–Kier alpha value is -3.72. The molecule has 0 amide bonds. The third-order valence-electron chi connectivity index (χ3n) is 5.92. The van der Waals surface area contributed by atoms with Crippen LogP contribution in [-0.4, -0.2) is 48.5 Å². The maximum absolute atomic E-state index is 13.3. The first-order valence-electron chi connectivity index (χ1n) is 10.9. The van der Waals surface area contributed by atoms with Gasteiger partial charge in [-0.3, -0.25) is 9.36 Å². The lowest BCUT2D eigenvalue weighted by Crippen LogP contribution is -2.18. The predicted octanol–water partition coefficient (Wildman–Crippen LogP) is 3.87. The summed E-state index contributed by atoms with van der Waals surface area (Å²) in [5.74, 6) is 0.825. The van der Waals surface area contributed by atoms with Gasteiger partial charge in [0.25, 0.3) is 0 Å². The molecule has 0 bridgehead atoms. The van der Waals surface area contributed by atoms with Crippen molar-refractivity contribution in [2.45, 2.75) is 19.3 Å². The van der Waals surface area contributed by atoms with Crippen molar-refractivity contribution in [3.63, 3.8) is 0 Å². The molecule has 0 N–H and O–H groups in total. The number of ketones is 1. The van der Waals surface area contributed by atoms with Crippen LogP contribution in [0, 0.1) is 11.7 Å². The van der Waals surface area contributed by atoms with E-state index in [1.54, 1.807) is 47.0 Å². The van der Waals surface area contributed by atoms with Gasteiger partial charge in [-0.05, 0) is 55.2 Å². The summed E-state index contributed by atoms with van der Waals surface area (Å²) in [4.78, 5) is 21.6. The molecular formula is C24H23FN6O2. The molecule has 0 unspecified atom stereocenters. The maximum atomic E-state index is 13.3. The summed E-state index contributed by atoms with van der Waals surface area (Å²) in [6.07, 6.45) is 7.49. The van der Waals surface area contributed by atoms with Gasteiger partial charge in [-0.25, -0.2) is 19.0 Å². The molecular weight excluding hydrogens is 423 g/mol. The van der Waals surface area contributed by atoms with E-state index in [0.29, 0.717) is 40.8 Å². The zero-order valence-corrected chi connectivity index (χ0v) is 18.2. The molecule has 0 radical (unpaired) electrons. The molecule has 0 aliphatic carbocycles. The van der Waals surface area contributed by atoms with Gasteiger partial charge in [-0.2, -0.15) is 0 Å². The van der Waals surface area contributed by atoms with Crippen molar-refractivity contribution in [1.82, 2.24) is 29.5 Å². The second kappa shape index (κ2) is 9.03. The number of hydrogen-bond acceptors (Lipinski definition) is 6. The van der Waals surface area contributed by atoms with Crippen LogP contribution in [0.2, 0.25) is 0 Å². The lowest BCUT2D eigenvalue weighted by molar-refractivity contribution is 0.0601. The number of carbonyl (C=O) groups is 1. The minimum absolute atomic E-state index is 0.108. The predicted molar refractivity (Wildman–Crippen MR) is 119 cm³/mol. The Labute approximate surface area is 190 Å². The number of rotatable bonds is 6. The molecule has 9 heteroatoms. The van der Waals surface area contributed by atoms with Crippen molar-refractivity contribution < 1.29 is 13.9 Å². The zero-order valence-electron chi connectivity index (χ0n) is 18.2. The van der Waals surface area contributed by atoms with Crippen LogP contribution in [0.3, 0.4) is 0 Å². The second-order valence-corrected chi connectivity index (χ2v) is 8.17. The zero-order chi connectivity index (χ0) is 22.8. The lowest BCUT2D eigenvalue weighted by atomic mass is 9.92. The largest absolute Gasteiger partial charge is 0.381 e. The summed E-state index contributed by atoms with van der Waals surface area (Å²) in [7, 11) is 1.78. The normalized spacial score (nSPS) is 14.5. The number of imidazole rings is 1. The fourth-order valence-electron chi connectivity index (χ4n) is 4.05. The van der Waals surface area contributed by atoms with E-state index in [4.69, 9.17) is 4.74 Å². The van der Waals surface area contributed by atoms with Gasteiger partial charge in [-0.15, -0.1) is 5.10 Å². The average Bonchev–Trinajstić information content (AvgIpc) is 3.47. The molecule has 168 valence electrons. The summed E-state index contributed by atoms with van der Waals surface area (Å²) < 4.78 is 22.1. The fraction of sp³-hybridized carbons (Fsp3) is 0.292. The molecule has 1 aliphatic rings. The molecule has 1 saturated heterocycles. The molecule has 4 heterocycles. The summed E-state index contributed by atoms with van der Waals surface area (Å²) in [6, 6.07) is 9.72. The monoisotopic (exact) mass is 446 g/mol. The van der Waals surface area contributed by atoms with Crippen LogP contribution < -0.4 is 0 Å². The van der Waals surface area contributed by atoms with E-state index < -0.39 is 0 Å². The van der Waals surface area contributed by atoms with Crippen LogP contribution in [0.15, 0.2) is 55.1 Å². The minimum Gasteiger partial charge on any atom is -0.381 e. The third kappa shape index (κ3) is 4.45. The van der Waals surface area contributed by atoms with Gasteiger partial charge in [0, 0.05) is 50.2 Å². The van der Waals surface area contributed by atoms with Crippen molar-refractivity contribution in [1.29, 1.82) is 0 Å². The van der Waals surface area contributed by atoms with Crippen LogP contribution in [-0.2, 0) is 11.8 Å². The van der Waals surface area contributed by atoms with Gasteiger partial charge in [0.2, 0.25) is 0 Å². The minimum atomic E-state index is -0.311. The van der Waals surface area contributed by atoms with Gasteiger partial charge in [-0.1, -0.05) is 5.21 Å². The number of carbonyl (C=O) groups excluding carboxylic acids is 1. The molecule has 1 fully saturated rings. The molecule has 1 aliphatic heterocycles. The van der Waals surface area contributed by atoms with E-state index in [1.807, 2.05) is 12.3 Å². The first kappa shape index (κ1) is 21.1. The second-order valence-electron chi connectivity index (χ2n) is 8.17. The van der Waals surface area contributed by atoms with Gasteiger partial charge in [0.1, 0.15) is 35.0 Å².